The second kappa shape index (κ2) is 6.69. The maximum absolute atomic E-state index is 12.4. The van der Waals surface area contributed by atoms with E-state index in [1.54, 1.807) is 24.3 Å². The van der Waals surface area contributed by atoms with E-state index < -0.39 is 10.0 Å². The Morgan fingerprint density at radius 3 is 2.47 bits per heavy atom. The van der Waals surface area contributed by atoms with E-state index in [1.807, 2.05) is 26.8 Å². The van der Waals surface area contributed by atoms with Crippen molar-refractivity contribution in [2.75, 3.05) is 13.1 Å². The van der Waals surface area contributed by atoms with Crippen LogP contribution < -0.4 is 0 Å². The van der Waals surface area contributed by atoms with Crippen LogP contribution in [0.5, 0.6) is 0 Å². The minimum absolute atomic E-state index is 0.114. The molecule has 0 unspecified atom stereocenters. The maximum Gasteiger partial charge on any atom is 0.218 e. The third kappa shape index (κ3) is 4.34. The molecule has 0 aliphatic rings. The largest absolute Gasteiger partial charge is 0.218 e. The summed E-state index contributed by atoms with van der Waals surface area (Å²) in [5.41, 5.74) is 0.985. The molecule has 0 fully saturated rings. The van der Waals surface area contributed by atoms with Gasteiger partial charge < -0.3 is 0 Å². The predicted octanol–water partition coefficient (Wildman–Crippen LogP) is 2.37. The fourth-order valence-corrected chi connectivity index (χ4v) is 3.64. The van der Waals surface area contributed by atoms with E-state index in [0.29, 0.717) is 24.2 Å². The first kappa shape index (κ1) is 15.7. The van der Waals surface area contributed by atoms with Crippen LogP contribution in [0.25, 0.3) is 0 Å². The van der Waals surface area contributed by atoms with E-state index in [2.05, 4.69) is 0 Å². The second-order valence-electron chi connectivity index (χ2n) is 4.87. The zero-order valence-electron chi connectivity index (χ0n) is 11.6. The number of nitriles is 1. The Bertz CT molecular complexity index is 559. The smallest absolute Gasteiger partial charge is 0.212 e. The third-order valence-corrected chi connectivity index (χ3v) is 4.66. The summed E-state index contributed by atoms with van der Waals surface area (Å²) in [5, 5.41) is 9.00. The highest BCUT2D eigenvalue weighted by Gasteiger charge is 2.22. The van der Waals surface area contributed by atoms with Crippen LogP contribution in [0.1, 0.15) is 31.9 Å². The molecule has 1 aromatic rings. The molecule has 0 N–H and O–H groups in total. The van der Waals surface area contributed by atoms with E-state index in [0.717, 1.165) is 0 Å². The summed E-state index contributed by atoms with van der Waals surface area (Å²) in [5.74, 6) is 0.165. The zero-order chi connectivity index (χ0) is 14.5. The molecule has 0 saturated heterocycles. The van der Waals surface area contributed by atoms with Crippen LogP contribution in [0, 0.1) is 17.2 Å². The van der Waals surface area contributed by atoms with Crippen molar-refractivity contribution in [1.82, 2.24) is 4.31 Å². The summed E-state index contributed by atoms with van der Waals surface area (Å²) in [6.07, 6.45) is 0. The molecule has 0 aliphatic carbocycles. The molecule has 0 radical (unpaired) electrons. The molecule has 0 amide bonds. The molecule has 0 aromatic heterocycles. The van der Waals surface area contributed by atoms with Crippen molar-refractivity contribution < 1.29 is 8.42 Å². The average Bonchev–Trinajstić information content (AvgIpc) is 2.35. The lowest BCUT2D eigenvalue weighted by Gasteiger charge is -2.22. The van der Waals surface area contributed by atoms with Gasteiger partial charge in [0.15, 0.2) is 0 Å². The van der Waals surface area contributed by atoms with Crippen molar-refractivity contribution in [3.8, 4) is 6.07 Å². The van der Waals surface area contributed by atoms with Crippen LogP contribution >= 0.6 is 0 Å². The van der Waals surface area contributed by atoms with Crippen LogP contribution in [0.3, 0.4) is 0 Å². The Morgan fingerprint density at radius 1 is 1.32 bits per heavy atom. The monoisotopic (exact) mass is 280 g/mol. The van der Waals surface area contributed by atoms with E-state index in [9.17, 15) is 8.42 Å². The van der Waals surface area contributed by atoms with Crippen molar-refractivity contribution in [1.29, 1.82) is 5.26 Å². The van der Waals surface area contributed by atoms with Crippen molar-refractivity contribution in [3.05, 3.63) is 35.4 Å². The minimum atomic E-state index is -3.37. The number of hydrogen-bond donors (Lipinski definition) is 0. The lowest BCUT2D eigenvalue weighted by molar-refractivity contribution is 0.380. The molecule has 1 rings (SSSR count). The Kier molecular flexibility index (Phi) is 5.52. The first-order valence-electron chi connectivity index (χ1n) is 6.36. The Morgan fingerprint density at radius 2 is 1.95 bits per heavy atom. The van der Waals surface area contributed by atoms with Gasteiger partial charge in [0.25, 0.3) is 0 Å². The lowest BCUT2D eigenvalue weighted by atomic mass is 10.1. The summed E-state index contributed by atoms with van der Waals surface area (Å²) in [7, 11) is -3.37. The molecule has 1 aromatic carbocycles. The molecule has 19 heavy (non-hydrogen) atoms. The lowest BCUT2D eigenvalue weighted by Crippen LogP contribution is -2.35. The summed E-state index contributed by atoms with van der Waals surface area (Å²) >= 11 is 0. The molecule has 0 heterocycles. The Labute approximate surface area is 115 Å². The van der Waals surface area contributed by atoms with Gasteiger partial charge in [-0.2, -0.15) is 5.26 Å². The highest BCUT2D eigenvalue weighted by Crippen LogP contribution is 2.15. The highest BCUT2D eigenvalue weighted by atomic mass is 32.2. The van der Waals surface area contributed by atoms with Gasteiger partial charge in [-0.3, -0.25) is 0 Å². The van der Waals surface area contributed by atoms with Crippen LogP contribution in [-0.2, 0) is 15.8 Å². The summed E-state index contributed by atoms with van der Waals surface area (Å²) in [4.78, 5) is 0. The quantitative estimate of drug-likeness (QED) is 0.803. The SMILES string of the molecule is CCN(CC(C)C)S(=O)(=O)Cc1ccccc1C#N. The molecule has 0 saturated carbocycles. The van der Waals surface area contributed by atoms with Crippen molar-refractivity contribution in [2.24, 2.45) is 5.92 Å². The summed E-state index contributed by atoms with van der Waals surface area (Å²) in [6.45, 7) is 6.77. The van der Waals surface area contributed by atoms with E-state index in [1.165, 1.54) is 4.31 Å². The Balaban J connectivity index is 2.99. The molecular formula is C14H20N2O2S. The molecule has 0 spiro atoms. The Hall–Kier alpha value is -1.38. The first-order valence-corrected chi connectivity index (χ1v) is 7.97. The van der Waals surface area contributed by atoms with E-state index >= 15 is 0 Å². The van der Waals surface area contributed by atoms with Crippen LogP contribution in [0.2, 0.25) is 0 Å². The summed E-state index contributed by atoms with van der Waals surface area (Å²) in [6, 6.07) is 8.86. The molecule has 104 valence electrons. The van der Waals surface area contributed by atoms with Crippen LogP contribution in [0.4, 0.5) is 0 Å². The van der Waals surface area contributed by atoms with Gasteiger partial charge in [0.1, 0.15) is 0 Å². The third-order valence-electron chi connectivity index (χ3n) is 2.79. The fourth-order valence-electron chi connectivity index (χ4n) is 1.89. The molecule has 5 heteroatoms. The van der Waals surface area contributed by atoms with Gasteiger partial charge in [-0.15, -0.1) is 0 Å². The van der Waals surface area contributed by atoms with Crippen molar-refractivity contribution >= 4 is 10.0 Å². The predicted molar refractivity (Wildman–Crippen MR) is 75.9 cm³/mol. The number of hydrogen-bond acceptors (Lipinski definition) is 3. The van der Waals surface area contributed by atoms with Gasteiger partial charge in [0.05, 0.1) is 17.4 Å². The van der Waals surface area contributed by atoms with Crippen molar-refractivity contribution in [3.63, 3.8) is 0 Å². The van der Waals surface area contributed by atoms with Gasteiger partial charge in [-0.1, -0.05) is 39.0 Å². The van der Waals surface area contributed by atoms with E-state index in [4.69, 9.17) is 5.26 Å². The molecular weight excluding hydrogens is 260 g/mol. The van der Waals surface area contributed by atoms with Crippen molar-refractivity contribution in [2.45, 2.75) is 26.5 Å². The van der Waals surface area contributed by atoms with Gasteiger partial charge in [-0.05, 0) is 17.5 Å². The van der Waals surface area contributed by atoms with Gasteiger partial charge in [0.2, 0.25) is 10.0 Å². The number of sulfonamides is 1. The number of rotatable bonds is 6. The van der Waals surface area contributed by atoms with Gasteiger partial charge >= 0.3 is 0 Å². The van der Waals surface area contributed by atoms with Gasteiger partial charge in [0, 0.05) is 13.1 Å². The summed E-state index contributed by atoms with van der Waals surface area (Å²) < 4.78 is 26.2. The zero-order valence-corrected chi connectivity index (χ0v) is 12.4. The topological polar surface area (TPSA) is 61.2 Å². The van der Waals surface area contributed by atoms with Gasteiger partial charge in [-0.25, -0.2) is 12.7 Å². The normalized spacial score (nSPS) is 11.8. The molecule has 0 bridgehead atoms. The van der Waals surface area contributed by atoms with E-state index in [-0.39, 0.29) is 11.7 Å². The van der Waals surface area contributed by atoms with Crippen LogP contribution in [-0.4, -0.2) is 25.8 Å². The minimum Gasteiger partial charge on any atom is -0.212 e. The average molecular weight is 280 g/mol. The van der Waals surface area contributed by atoms with Crippen LogP contribution in [0.15, 0.2) is 24.3 Å². The highest BCUT2D eigenvalue weighted by molar-refractivity contribution is 7.88. The maximum atomic E-state index is 12.4. The fraction of sp³-hybridized carbons (Fsp3) is 0.500. The first-order chi connectivity index (χ1) is 8.90. The number of nitrogens with zero attached hydrogens (tertiary/aromatic N) is 2. The second-order valence-corrected chi connectivity index (χ2v) is 6.84. The molecule has 0 atom stereocenters. The number of benzene rings is 1. The molecule has 0 aliphatic heterocycles. The molecule has 4 nitrogen and oxygen atoms in total. The standard InChI is InChI=1S/C14H20N2O2S/c1-4-16(10-12(2)3)19(17,18)11-14-8-6-5-7-13(14)9-15/h5-8,12H,4,10-11H2,1-3H3.